The van der Waals surface area contributed by atoms with Crippen LogP contribution >= 0.6 is 0 Å². The van der Waals surface area contributed by atoms with Gasteiger partial charge in [0.25, 0.3) is 0 Å². The maximum Gasteiger partial charge on any atom is 0.187 e. The molecule has 3 rings (SSSR count). The fourth-order valence-electron chi connectivity index (χ4n) is 3.01. The molecule has 0 saturated heterocycles. The van der Waals surface area contributed by atoms with Crippen LogP contribution in [0.5, 0.6) is 0 Å². The summed E-state index contributed by atoms with van der Waals surface area (Å²) in [5.41, 5.74) is 0.154. The number of ketones is 1. The van der Waals surface area contributed by atoms with Crippen molar-refractivity contribution in [2.24, 2.45) is 0 Å². The van der Waals surface area contributed by atoms with Gasteiger partial charge in [-0.25, -0.2) is 13.8 Å². The summed E-state index contributed by atoms with van der Waals surface area (Å²) in [4.78, 5) is 16.4. The molecule has 3 nitrogen and oxygen atoms in total. The molecule has 0 bridgehead atoms. The minimum absolute atomic E-state index is 0.223. The minimum atomic E-state index is -0.700. The molecule has 0 radical (unpaired) electrons. The van der Waals surface area contributed by atoms with Gasteiger partial charge in [-0.2, -0.15) is 0 Å². The van der Waals surface area contributed by atoms with E-state index < -0.39 is 11.6 Å². The first kappa shape index (κ1) is 17.3. The highest BCUT2D eigenvalue weighted by Gasteiger charge is 2.13. The molecule has 0 unspecified atom stereocenters. The van der Waals surface area contributed by atoms with E-state index in [0.29, 0.717) is 11.6 Å². The number of nitrogens with one attached hydrogen (secondary N) is 1. The van der Waals surface area contributed by atoms with Gasteiger partial charge in [-0.15, -0.1) is 0 Å². The predicted octanol–water partition coefficient (Wildman–Crippen LogP) is 5.00. The van der Waals surface area contributed by atoms with Crippen molar-refractivity contribution in [3.05, 3.63) is 65.4 Å². The Morgan fingerprint density at radius 1 is 1.08 bits per heavy atom. The highest BCUT2D eigenvalue weighted by atomic mass is 19.1. The molecule has 5 heteroatoms. The van der Waals surface area contributed by atoms with E-state index in [-0.39, 0.29) is 11.3 Å². The van der Waals surface area contributed by atoms with Crippen LogP contribution in [0.25, 0.3) is 6.08 Å². The van der Waals surface area contributed by atoms with Crippen LogP contribution in [-0.4, -0.2) is 16.8 Å². The fraction of sp³-hybridized carbons (Fsp3) is 0.300. The van der Waals surface area contributed by atoms with Crippen molar-refractivity contribution in [3.8, 4) is 0 Å². The average Bonchev–Trinajstić information content (AvgIpc) is 2.62. The molecule has 0 aliphatic heterocycles. The predicted molar refractivity (Wildman–Crippen MR) is 94.5 cm³/mol. The summed E-state index contributed by atoms with van der Waals surface area (Å²) in [6, 6.07) is 7.46. The molecular weight excluding hydrogens is 322 g/mol. The van der Waals surface area contributed by atoms with Gasteiger partial charge < -0.3 is 5.32 Å². The van der Waals surface area contributed by atoms with Crippen LogP contribution < -0.4 is 5.32 Å². The normalized spacial score (nSPS) is 15.4. The number of allylic oxidation sites excluding steroid dienone is 1. The lowest BCUT2D eigenvalue weighted by Gasteiger charge is -2.23. The number of aromatic nitrogens is 1. The summed E-state index contributed by atoms with van der Waals surface area (Å²) >= 11 is 0. The van der Waals surface area contributed by atoms with E-state index in [2.05, 4.69) is 10.3 Å². The first-order valence-corrected chi connectivity index (χ1v) is 8.52. The topological polar surface area (TPSA) is 42.0 Å². The van der Waals surface area contributed by atoms with Gasteiger partial charge in [-0.3, -0.25) is 4.79 Å². The van der Waals surface area contributed by atoms with Crippen molar-refractivity contribution in [1.29, 1.82) is 0 Å². The zero-order chi connectivity index (χ0) is 17.6. The molecule has 130 valence electrons. The van der Waals surface area contributed by atoms with Crippen molar-refractivity contribution in [3.63, 3.8) is 0 Å². The second-order valence-electron chi connectivity index (χ2n) is 6.24. The lowest BCUT2D eigenvalue weighted by molar-refractivity contribution is 0.104. The molecule has 1 heterocycles. The molecule has 2 aromatic rings. The van der Waals surface area contributed by atoms with E-state index in [1.54, 1.807) is 12.1 Å². The van der Waals surface area contributed by atoms with Gasteiger partial charge in [0.1, 0.15) is 17.5 Å². The summed E-state index contributed by atoms with van der Waals surface area (Å²) in [6.45, 7) is 0. The summed E-state index contributed by atoms with van der Waals surface area (Å²) in [5.74, 6) is -1.00. The first-order chi connectivity index (χ1) is 12.1. The van der Waals surface area contributed by atoms with Crippen LogP contribution in [0.15, 0.2) is 42.6 Å². The van der Waals surface area contributed by atoms with Crippen LogP contribution in [-0.2, 0) is 0 Å². The molecule has 25 heavy (non-hydrogen) atoms. The molecule has 1 fully saturated rings. The lowest BCUT2D eigenvalue weighted by atomic mass is 9.95. The Morgan fingerprint density at radius 2 is 1.80 bits per heavy atom. The van der Waals surface area contributed by atoms with Crippen LogP contribution in [0.3, 0.4) is 0 Å². The van der Waals surface area contributed by atoms with Crippen molar-refractivity contribution in [2.45, 2.75) is 38.1 Å². The third-order valence-electron chi connectivity index (χ3n) is 4.41. The van der Waals surface area contributed by atoms with Gasteiger partial charge in [0.15, 0.2) is 5.78 Å². The quantitative estimate of drug-likeness (QED) is 0.614. The highest BCUT2D eigenvalue weighted by molar-refractivity contribution is 6.06. The molecule has 1 saturated carbocycles. The summed E-state index contributed by atoms with van der Waals surface area (Å²) in [7, 11) is 0. The summed E-state index contributed by atoms with van der Waals surface area (Å²) < 4.78 is 27.1. The van der Waals surface area contributed by atoms with Crippen LogP contribution in [0.4, 0.5) is 14.6 Å². The summed E-state index contributed by atoms with van der Waals surface area (Å²) in [6.07, 6.45) is 9.81. The van der Waals surface area contributed by atoms with E-state index in [9.17, 15) is 13.6 Å². The highest BCUT2D eigenvalue weighted by Crippen LogP contribution is 2.21. The Morgan fingerprint density at radius 3 is 2.44 bits per heavy atom. The molecule has 0 amide bonds. The van der Waals surface area contributed by atoms with E-state index in [1.165, 1.54) is 31.5 Å². The van der Waals surface area contributed by atoms with Crippen molar-refractivity contribution in [1.82, 2.24) is 4.98 Å². The number of anilines is 1. The number of rotatable bonds is 5. The molecule has 1 aromatic carbocycles. The fourth-order valence-corrected chi connectivity index (χ4v) is 3.01. The Balaban J connectivity index is 1.65. The molecular formula is C20H20F2N2O. The van der Waals surface area contributed by atoms with Crippen LogP contribution in [0, 0.1) is 11.6 Å². The van der Waals surface area contributed by atoms with Gasteiger partial charge >= 0.3 is 0 Å². The number of hydrogen-bond donors (Lipinski definition) is 1. The smallest absolute Gasteiger partial charge is 0.187 e. The average molecular weight is 342 g/mol. The Hall–Kier alpha value is -2.56. The van der Waals surface area contributed by atoms with E-state index in [1.807, 2.05) is 0 Å². The summed E-state index contributed by atoms with van der Waals surface area (Å²) in [5, 5.41) is 3.38. The number of hydrogen-bond acceptors (Lipinski definition) is 3. The van der Waals surface area contributed by atoms with Gasteiger partial charge in [0.05, 0.1) is 0 Å². The zero-order valence-electron chi connectivity index (χ0n) is 13.8. The molecule has 0 atom stereocenters. The van der Waals surface area contributed by atoms with Crippen LogP contribution in [0.1, 0.15) is 48.0 Å². The third kappa shape index (κ3) is 4.50. The van der Waals surface area contributed by atoms with Gasteiger partial charge in [-0.05, 0) is 49.3 Å². The van der Waals surface area contributed by atoms with Crippen molar-refractivity contribution < 1.29 is 13.6 Å². The molecule has 1 N–H and O–H groups in total. The van der Waals surface area contributed by atoms with Crippen LogP contribution in [0.2, 0.25) is 0 Å². The van der Waals surface area contributed by atoms with E-state index in [0.717, 1.165) is 42.9 Å². The Labute approximate surface area is 145 Å². The van der Waals surface area contributed by atoms with Crippen molar-refractivity contribution in [2.75, 3.05) is 5.32 Å². The molecule has 1 aliphatic rings. The molecule has 0 spiro atoms. The van der Waals surface area contributed by atoms with Gasteiger partial charge in [-0.1, -0.05) is 25.3 Å². The maximum absolute atomic E-state index is 13.6. The van der Waals surface area contributed by atoms with E-state index >= 15 is 0 Å². The number of carbonyl (C=O) groups is 1. The molecule has 1 aliphatic carbocycles. The third-order valence-corrected chi connectivity index (χ3v) is 4.41. The Kier molecular flexibility index (Phi) is 5.53. The number of carbonyl (C=O) groups excluding carboxylic acids is 1. The first-order valence-electron chi connectivity index (χ1n) is 8.52. The number of nitrogens with zero attached hydrogens (tertiary/aromatic N) is 1. The number of benzene rings is 1. The maximum atomic E-state index is 13.6. The minimum Gasteiger partial charge on any atom is -0.367 e. The standard InChI is InChI=1S/C20H20F2N2O/c21-17-7-4-8-18(22)16(17)10-11-19(25)14-9-12-20(23-13-14)24-15-5-2-1-3-6-15/h4,7-13,15H,1-3,5-6H2,(H,23,24)/b11-10+. The van der Waals surface area contributed by atoms with Gasteiger partial charge in [0.2, 0.25) is 0 Å². The van der Waals surface area contributed by atoms with Gasteiger partial charge in [0, 0.05) is 23.4 Å². The van der Waals surface area contributed by atoms with Crippen molar-refractivity contribution >= 4 is 17.7 Å². The SMILES string of the molecule is O=C(/C=C/c1c(F)cccc1F)c1ccc(NC2CCCCC2)nc1. The zero-order valence-corrected chi connectivity index (χ0v) is 13.8. The largest absolute Gasteiger partial charge is 0.367 e. The molecule has 1 aromatic heterocycles. The number of halogens is 2. The van der Waals surface area contributed by atoms with E-state index in [4.69, 9.17) is 0 Å². The lowest BCUT2D eigenvalue weighted by Crippen LogP contribution is -2.22. The second-order valence-corrected chi connectivity index (χ2v) is 6.24. The second kappa shape index (κ2) is 8.01. The number of pyridine rings is 1. The Bertz CT molecular complexity index is 746. The monoisotopic (exact) mass is 342 g/mol.